The maximum atomic E-state index is 13.0. The Morgan fingerprint density at radius 3 is 2.48 bits per heavy atom. The number of hydrogen-bond acceptors (Lipinski definition) is 5. The first-order chi connectivity index (χ1) is 15.8. The van der Waals surface area contributed by atoms with Crippen molar-refractivity contribution in [1.29, 1.82) is 0 Å². The highest BCUT2D eigenvalue weighted by molar-refractivity contribution is 8.00. The Bertz CT molecular complexity index is 1210. The van der Waals surface area contributed by atoms with E-state index in [0.717, 1.165) is 11.1 Å². The monoisotopic (exact) mass is 467 g/mol. The minimum atomic E-state index is -3.76. The number of amidine groups is 1. The van der Waals surface area contributed by atoms with Crippen LogP contribution >= 0.6 is 0 Å². The number of methoxy groups -OCH3 is 1. The molecule has 0 bridgehead atoms. The van der Waals surface area contributed by atoms with Crippen LogP contribution in [-0.4, -0.2) is 45.3 Å². The van der Waals surface area contributed by atoms with Crippen LogP contribution in [0.2, 0.25) is 0 Å². The van der Waals surface area contributed by atoms with E-state index in [1.165, 1.54) is 0 Å². The maximum absolute atomic E-state index is 13.0. The smallest absolute Gasteiger partial charge is 0.285 e. The van der Waals surface area contributed by atoms with E-state index in [9.17, 15) is 13.2 Å². The molecule has 0 saturated carbocycles. The van der Waals surface area contributed by atoms with E-state index in [0.29, 0.717) is 60.1 Å². The Balaban J connectivity index is 1.47. The first-order valence-corrected chi connectivity index (χ1v) is 12.6. The number of anilines is 1. The molecule has 8 heteroatoms. The third-order valence-electron chi connectivity index (χ3n) is 6.18. The van der Waals surface area contributed by atoms with E-state index in [1.807, 2.05) is 61.2 Å². The lowest BCUT2D eigenvalue weighted by atomic mass is 9.94. The molecule has 2 aliphatic rings. The number of carbonyl (C=O) groups is 1. The van der Waals surface area contributed by atoms with Gasteiger partial charge in [-0.1, -0.05) is 42.8 Å². The topological polar surface area (TPSA) is 88.1 Å². The van der Waals surface area contributed by atoms with Crippen molar-refractivity contribution in [2.24, 2.45) is 10.3 Å². The number of ether oxygens (including phenoxy) is 1. The standard InChI is InChI=1S/C25H29N3O4S/c1-4-22-23(18-10-8-17(2)9-11-18)33(30,31)27-24(22)28-14-12-19(13-15-28)25(29)26-20-6-5-7-21(16-20)32-3/h5-11,16,19H,4,12-15H2,1-3H3,(H,26,29). The number of rotatable bonds is 5. The summed E-state index contributed by atoms with van der Waals surface area (Å²) in [4.78, 5) is 15.1. The van der Waals surface area contributed by atoms with Crippen LogP contribution in [0.4, 0.5) is 5.69 Å². The van der Waals surface area contributed by atoms with Crippen LogP contribution in [0.1, 0.15) is 37.3 Å². The second kappa shape index (κ2) is 9.39. The van der Waals surface area contributed by atoms with Crippen LogP contribution in [0, 0.1) is 12.8 Å². The number of sulfonamides is 1. The Hall–Kier alpha value is -3.13. The summed E-state index contributed by atoms with van der Waals surface area (Å²) in [6, 6.07) is 14.8. The minimum absolute atomic E-state index is 0.0320. The zero-order valence-electron chi connectivity index (χ0n) is 19.2. The molecule has 1 saturated heterocycles. The first kappa shape index (κ1) is 23.0. The molecular weight excluding hydrogens is 438 g/mol. The number of nitrogens with zero attached hydrogens (tertiary/aromatic N) is 2. The number of aryl methyl sites for hydroxylation is 1. The summed E-state index contributed by atoms with van der Waals surface area (Å²) in [5, 5.41) is 2.96. The van der Waals surface area contributed by atoms with Crippen molar-refractivity contribution < 1.29 is 17.9 Å². The van der Waals surface area contributed by atoms with Crippen LogP contribution in [0.5, 0.6) is 5.75 Å². The van der Waals surface area contributed by atoms with E-state index < -0.39 is 10.0 Å². The Morgan fingerprint density at radius 2 is 1.85 bits per heavy atom. The van der Waals surface area contributed by atoms with Crippen molar-refractivity contribution in [1.82, 2.24) is 4.90 Å². The normalized spacial score (nSPS) is 18.3. The molecular formula is C25H29N3O4S. The van der Waals surface area contributed by atoms with Gasteiger partial charge in [-0.25, -0.2) is 0 Å². The van der Waals surface area contributed by atoms with E-state index in [4.69, 9.17) is 4.74 Å². The average Bonchev–Trinajstić information content (AvgIpc) is 3.10. The van der Waals surface area contributed by atoms with Crippen LogP contribution in [0.3, 0.4) is 0 Å². The molecule has 174 valence electrons. The molecule has 0 aliphatic carbocycles. The number of nitrogens with one attached hydrogen (secondary N) is 1. The third-order valence-corrected chi connectivity index (χ3v) is 7.59. The van der Waals surface area contributed by atoms with E-state index >= 15 is 0 Å². The number of carbonyl (C=O) groups excluding carboxylic acids is 1. The average molecular weight is 468 g/mol. The summed E-state index contributed by atoms with van der Waals surface area (Å²) in [6.07, 6.45) is 1.83. The zero-order chi connectivity index (χ0) is 23.6. The van der Waals surface area contributed by atoms with Crippen molar-refractivity contribution in [3.05, 3.63) is 65.2 Å². The fourth-order valence-corrected chi connectivity index (χ4v) is 5.89. The summed E-state index contributed by atoms with van der Waals surface area (Å²) >= 11 is 0. The fourth-order valence-electron chi connectivity index (χ4n) is 4.37. The molecule has 1 N–H and O–H groups in total. The van der Waals surface area contributed by atoms with Gasteiger partial charge in [-0.15, -0.1) is 4.40 Å². The number of benzene rings is 2. The molecule has 4 rings (SSSR count). The summed E-state index contributed by atoms with van der Waals surface area (Å²) in [6.45, 7) is 5.08. The molecule has 0 atom stereocenters. The summed E-state index contributed by atoms with van der Waals surface area (Å²) in [5.41, 5.74) is 3.19. The van der Waals surface area contributed by atoms with Crippen molar-refractivity contribution in [3.8, 4) is 5.75 Å². The molecule has 2 aromatic carbocycles. The second-order valence-corrected chi connectivity index (χ2v) is 9.94. The minimum Gasteiger partial charge on any atom is -0.497 e. The number of likely N-dealkylation sites (tertiary alicyclic amines) is 1. The van der Waals surface area contributed by atoms with Crippen LogP contribution < -0.4 is 10.1 Å². The quantitative estimate of drug-likeness (QED) is 0.711. The van der Waals surface area contributed by atoms with Gasteiger partial charge in [-0.2, -0.15) is 8.42 Å². The molecule has 1 fully saturated rings. The molecule has 0 aromatic heterocycles. The molecule has 0 spiro atoms. The van der Waals surface area contributed by atoms with Crippen LogP contribution in [0.25, 0.3) is 4.91 Å². The highest BCUT2D eigenvalue weighted by Crippen LogP contribution is 2.36. The lowest BCUT2D eigenvalue weighted by Crippen LogP contribution is -2.41. The van der Waals surface area contributed by atoms with Crippen molar-refractivity contribution in [2.75, 3.05) is 25.5 Å². The van der Waals surface area contributed by atoms with Crippen molar-refractivity contribution in [2.45, 2.75) is 33.1 Å². The summed E-state index contributed by atoms with van der Waals surface area (Å²) in [5.74, 6) is 1.04. The molecule has 0 radical (unpaired) electrons. The SMILES string of the molecule is CCC1=C(c2ccc(C)cc2)S(=O)(=O)N=C1N1CCC(C(=O)Nc2cccc(OC)c2)CC1. The Morgan fingerprint density at radius 1 is 1.15 bits per heavy atom. The number of hydrogen-bond donors (Lipinski definition) is 1. The fraction of sp³-hybridized carbons (Fsp3) is 0.360. The van der Waals surface area contributed by atoms with Gasteiger partial charge in [0, 0.05) is 36.3 Å². The Kier molecular flexibility index (Phi) is 6.56. The van der Waals surface area contributed by atoms with Gasteiger partial charge in [-0.05, 0) is 43.9 Å². The molecule has 2 aliphatic heterocycles. The predicted molar refractivity (Wildman–Crippen MR) is 131 cm³/mol. The first-order valence-electron chi connectivity index (χ1n) is 11.2. The van der Waals surface area contributed by atoms with Gasteiger partial charge in [0.2, 0.25) is 5.91 Å². The van der Waals surface area contributed by atoms with E-state index in [1.54, 1.807) is 13.2 Å². The van der Waals surface area contributed by atoms with Crippen molar-refractivity contribution >= 4 is 32.4 Å². The van der Waals surface area contributed by atoms with Gasteiger partial charge in [-0.3, -0.25) is 4.79 Å². The van der Waals surface area contributed by atoms with Gasteiger partial charge < -0.3 is 15.0 Å². The summed E-state index contributed by atoms with van der Waals surface area (Å²) < 4.78 is 35.3. The van der Waals surface area contributed by atoms with E-state index in [2.05, 4.69) is 9.71 Å². The highest BCUT2D eigenvalue weighted by Gasteiger charge is 2.36. The lowest BCUT2D eigenvalue weighted by Gasteiger charge is -2.33. The van der Waals surface area contributed by atoms with Gasteiger partial charge in [0.1, 0.15) is 16.5 Å². The van der Waals surface area contributed by atoms with Crippen LogP contribution in [0.15, 0.2) is 58.5 Å². The van der Waals surface area contributed by atoms with Gasteiger partial charge in [0.05, 0.1) is 7.11 Å². The lowest BCUT2D eigenvalue weighted by molar-refractivity contribution is -0.120. The molecule has 2 aromatic rings. The zero-order valence-corrected chi connectivity index (χ0v) is 20.0. The number of piperidine rings is 1. The van der Waals surface area contributed by atoms with Crippen LogP contribution in [-0.2, 0) is 14.8 Å². The summed E-state index contributed by atoms with van der Waals surface area (Å²) in [7, 11) is -2.17. The predicted octanol–water partition coefficient (Wildman–Crippen LogP) is 4.22. The van der Waals surface area contributed by atoms with Gasteiger partial charge >= 0.3 is 0 Å². The van der Waals surface area contributed by atoms with Gasteiger partial charge in [0.15, 0.2) is 0 Å². The molecule has 2 heterocycles. The molecule has 1 amide bonds. The maximum Gasteiger partial charge on any atom is 0.285 e. The largest absolute Gasteiger partial charge is 0.497 e. The van der Waals surface area contributed by atoms with E-state index in [-0.39, 0.29) is 11.8 Å². The highest BCUT2D eigenvalue weighted by atomic mass is 32.2. The molecule has 0 unspecified atom stereocenters. The Labute approximate surface area is 195 Å². The van der Waals surface area contributed by atoms with Crippen molar-refractivity contribution in [3.63, 3.8) is 0 Å². The number of amides is 1. The van der Waals surface area contributed by atoms with Gasteiger partial charge in [0.25, 0.3) is 10.0 Å². The second-order valence-electron chi connectivity index (χ2n) is 8.40. The third kappa shape index (κ3) is 4.80. The molecule has 33 heavy (non-hydrogen) atoms. The molecule has 7 nitrogen and oxygen atoms in total.